The van der Waals surface area contributed by atoms with Crippen LogP contribution in [0, 0.1) is 5.92 Å². The van der Waals surface area contributed by atoms with E-state index >= 15 is 0 Å². The number of hydrogen-bond acceptors (Lipinski definition) is 2. The summed E-state index contributed by atoms with van der Waals surface area (Å²) in [5.41, 5.74) is 0. The minimum atomic E-state index is 0.275. The van der Waals surface area contributed by atoms with Gasteiger partial charge in [-0.15, -0.1) is 0 Å². The maximum Gasteiger partial charge on any atom is 0.149 e. The van der Waals surface area contributed by atoms with Crippen molar-refractivity contribution in [3.05, 3.63) is 0 Å². The van der Waals surface area contributed by atoms with Crippen molar-refractivity contribution in [1.29, 1.82) is 0 Å². The number of Topliss-reactive ketones (excluding diaryl/α,β-unsaturated/α-hetero) is 1. The van der Waals surface area contributed by atoms with Crippen LogP contribution in [0.4, 0.5) is 0 Å². The first-order valence-electron chi connectivity index (χ1n) is 7.47. The predicted molar refractivity (Wildman–Crippen MR) is 71.1 cm³/mol. The number of ketones is 1. The van der Waals surface area contributed by atoms with E-state index in [4.69, 9.17) is 0 Å². The fraction of sp³-hybridized carbons (Fsp3) is 0.933. The third-order valence-corrected chi connectivity index (χ3v) is 4.43. The predicted octanol–water partition coefficient (Wildman–Crippen LogP) is 3.40. The molecule has 2 saturated carbocycles. The molecule has 0 saturated heterocycles. The summed E-state index contributed by atoms with van der Waals surface area (Å²) in [7, 11) is 0. The minimum absolute atomic E-state index is 0.275. The maximum absolute atomic E-state index is 12.0. The highest BCUT2D eigenvalue weighted by Gasteiger charge is 2.35. The second-order valence-corrected chi connectivity index (χ2v) is 6.23. The van der Waals surface area contributed by atoms with E-state index < -0.39 is 0 Å². The Labute approximate surface area is 106 Å². The van der Waals surface area contributed by atoms with Gasteiger partial charge in [-0.3, -0.25) is 9.69 Å². The van der Waals surface area contributed by atoms with E-state index in [0.717, 1.165) is 31.7 Å². The molecule has 1 atom stereocenters. The summed E-state index contributed by atoms with van der Waals surface area (Å²) >= 11 is 0. The van der Waals surface area contributed by atoms with Crippen LogP contribution in [0.1, 0.15) is 65.2 Å². The van der Waals surface area contributed by atoms with E-state index in [2.05, 4.69) is 18.7 Å². The molecule has 0 aromatic rings. The van der Waals surface area contributed by atoms with Gasteiger partial charge in [0.05, 0.1) is 6.04 Å². The second-order valence-electron chi connectivity index (χ2n) is 6.23. The van der Waals surface area contributed by atoms with Crippen molar-refractivity contribution in [1.82, 2.24) is 4.90 Å². The summed E-state index contributed by atoms with van der Waals surface area (Å²) in [4.78, 5) is 14.5. The van der Waals surface area contributed by atoms with Gasteiger partial charge < -0.3 is 0 Å². The van der Waals surface area contributed by atoms with E-state index in [-0.39, 0.29) is 6.04 Å². The molecule has 17 heavy (non-hydrogen) atoms. The first-order valence-corrected chi connectivity index (χ1v) is 7.47. The van der Waals surface area contributed by atoms with Gasteiger partial charge in [-0.1, -0.05) is 26.7 Å². The van der Waals surface area contributed by atoms with Crippen molar-refractivity contribution in [3.63, 3.8) is 0 Å². The first-order chi connectivity index (χ1) is 8.18. The Morgan fingerprint density at radius 2 is 1.88 bits per heavy atom. The molecule has 1 unspecified atom stereocenters. The van der Waals surface area contributed by atoms with E-state index in [1.807, 2.05) is 0 Å². The van der Waals surface area contributed by atoms with Crippen molar-refractivity contribution in [3.8, 4) is 0 Å². The van der Waals surface area contributed by atoms with Gasteiger partial charge >= 0.3 is 0 Å². The summed E-state index contributed by atoms with van der Waals surface area (Å²) < 4.78 is 0. The second kappa shape index (κ2) is 5.99. The van der Waals surface area contributed by atoms with Gasteiger partial charge in [0, 0.05) is 12.5 Å². The average molecular weight is 237 g/mol. The quantitative estimate of drug-likeness (QED) is 0.730. The standard InChI is InChI=1S/C15H27NO/c1-12(2)10-11-16(13-6-3-4-7-13)14-8-5-9-15(14)17/h12-14H,3-11H2,1-2H3. The van der Waals surface area contributed by atoms with Crippen LogP contribution in [0.25, 0.3) is 0 Å². The van der Waals surface area contributed by atoms with Crippen LogP contribution in [-0.4, -0.2) is 29.3 Å². The van der Waals surface area contributed by atoms with E-state index in [0.29, 0.717) is 11.8 Å². The van der Waals surface area contributed by atoms with Crippen LogP contribution in [0.3, 0.4) is 0 Å². The maximum atomic E-state index is 12.0. The van der Waals surface area contributed by atoms with E-state index in [1.54, 1.807) is 0 Å². The molecule has 0 aromatic carbocycles. The molecule has 2 nitrogen and oxygen atoms in total. The molecule has 0 N–H and O–H groups in total. The zero-order chi connectivity index (χ0) is 12.3. The summed E-state index contributed by atoms with van der Waals surface area (Å²) in [6, 6.07) is 0.984. The van der Waals surface area contributed by atoms with Gasteiger partial charge in [0.2, 0.25) is 0 Å². The Hall–Kier alpha value is -0.370. The molecule has 0 aliphatic heterocycles. The largest absolute Gasteiger partial charge is 0.298 e. The van der Waals surface area contributed by atoms with Crippen LogP contribution in [0.2, 0.25) is 0 Å². The number of carbonyl (C=O) groups excluding carboxylic acids is 1. The molecule has 0 aromatic heterocycles. The molecule has 2 aliphatic carbocycles. The number of hydrogen-bond donors (Lipinski definition) is 0. The van der Waals surface area contributed by atoms with Gasteiger partial charge in [-0.25, -0.2) is 0 Å². The van der Waals surface area contributed by atoms with Crippen molar-refractivity contribution < 1.29 is 4.79 Å². The van der Waals surface area contributed by atoms with Crippen molar-refractivity contribution in [2.45, 2.75) is 77.3 Å². The Morgan fingerprint density at radius 3 is 2.41 bits per heavy atom. The monoisotopic (exact) mass is 237 g/mol. The lowest BCUT2D eigenvalue weighted by Gasteiger charge is -2.34. The Kier molecular flexibility index (Phi) is 4.61. The highest BCUT2D eigenvalue weighted by atomic mass is 16.1. The fourth-order valence-electron chi connectivity index (χ4n) is 3.38. The third kappa shape index (κ3) is 3.31. The molecule has 2 aliphatic rings. The Balaban J connectivity index is 1.97. The normalized spacial score (nSPS) is 26.6. The van der Waals surface area contributed by atoms with E-state index in [9.17, 15) is 4.79 Å². The van der Waals surface area contributed by atoms with Crippen LogP contribution in [-0.2, 0) is 4.79 Å². The van der Waals surface area contributed by atoms with Gasteiger partial charge in [-0.05, 0) is 44.6 Å². The van der Waals surface area contributed by atoms with Crippen LogP contribution in [0.15, 0.2) is 0 Å². The fourth-order valence-corrected chi connectivity index (χ4v) is 3.38. The summed E-state index contributed by atoms with van der Waals surface area (Å²) in [6.45, 7) is 5.70. The van der Waals surface area contributed by atoms with Crippen LogP contribution >= 0.6 is 0 Å². The average Bonchev–Trinajstić information content (AvgIpc) is 2.91. The van der Waals surface area contributed by atoms with Gasteiger partial charge in [0.25, 0.3) is 0 Å². The number of carbonyl (C=O) groups is 1. The van der Waals surface area contributed by atoms with Crippen molar-refractivity contribution >= 4 is 5.78 Å². The highest BCUT2D eigenvalue weighted by molar-refractivity contribution is 5.85. The molecular formula is C15H27NO. The molecule has 0 heterocycles. The van der Waals surface area contributed by atoms with E-state index in [1.165, 1.54) is 32.1 Å². The molecule has 0 amide bonds. The molecule has 2 fully saturated rings. The summed E-state index contributed by atoms with van der Waals surface area (Å²) in [5, 5.41) is 0. The third-order valence-electron chi connectivity index (χ3n) is 4.43. The van der Waals surface area contributed by atoms with Crippen LogP contribution in [0.5, 0.6) is 0 Å². The SMILES string of the molecule is CC(C)CCN(C1CCCC1)C1CCCC1=O. The Bertz CT molecular complexity index is 256. The lowest BCUT2D eigenvalue weighted by atomic mass is 10.0. The zero-order valence-electron chi connectivity index (χ0n) is 11.5. The topological polar surface area (TPSA) is 20.3 Å². The highest BCUT2D eigenvalue weighted by Crippen LogP contribution is 2.30. The van der Waals surface area contributed by atoms with Crippen molar-refractivity contribution in [2.75, 3.05) is 6.54 Å². The smallest absolute Gasteiger partial charge is 0.149 e. The molecular weight excluding hydrogens is 210 g/mol. The summed E-state index contributed by atoms with van der Waals surface area (Å²) in [5.74, 6) is 1.26. The van der Waals surface area contributed by atoms with Crippen LogP contribution < -0.4 is 0 Å². The lowest BCUT2D eigenvalue weighted by Crippen LogP contribution is -2.45. The number of rotatable bonds is 5. The molecule has 0 bridgehead atoms. The van der Waals surface area contributed by atoms with Gasteiger partial charge in [-0.2, -0.15) is 0 Å². The number of nitrogens with zero attached hydrogens (tertiary/aromatic N) is 1. The molecule has 0 radical (unpaired) electrons. The van der Waals surface area contributed by atoms with Gasteiger partial charge in [0.15, 0.2) is 0 Å². The summed E-state index contributed by atoms with van der Waals surface area (Å²) in [6.07, 6.45) is 9.68. The lowest BCUT2D eigenvalue weighted by molar-refractivity contribution is -0.122. The Morgan fingerprint density at radius 1 is 1.18 bits per heavy atom. The molecule has 2 heteroatoms. The van der Waals surface area contributed by atoms with Gasteiger partial charge in [0.1, 0.15) is 5.78 Å². The van der Waals surface area contributed by atoms with Crippen molar-refractivity contribution in [2.24, 2.45) is 5.92 Å². The molecule has 98 valence electrons. The first kappa shape index (κ1) is 13.1. The molecule has 0 spiro atoms. The molecule has 2 rings (SSSR count). The zero-order valence-corrected chi connectivity index (χ0v) is 11.5. The minimum Gasteiger partial charge on any atom is -0.298 e.